The Morgan fingerprint density at radius 1 is 0.971 bits per heavy atom. The van der Waals surface area contributed by atoms with Crippen molar-refractivity contribution in [1.82, 2.24) is 0 Å². The summed E-state index contributed by atoms with van der Waals surface area (Å²) in [6, 6.07) is 18.2. The predicted octanol–water partition coefficient (Wildman–Crippen LogP) is 4.56. The Kier molecular flexibility index (Phi) is 6.11. The molecule has 9 nitrogen and oxygen atoms in total. The molecular formula is C24H16ClN3O6. The van der Waals surface area contributed by atoms with E-state index < -0.39 is 22.7 Å². The number of aryl methyl sites for hydroxylation is 1. The van der Waals surface area contributed by atoms with Crippen molar-refractivity contribution in [2.45, 2.75) is 6.92 Å². The van der Waals surface area contributed by atoms with E-state index >= 15 is 0 Å². The summed E-state index contributed by atoms with van der Waals surface area (Å²) >= 11 is 6.14. The Labute approximate surface area is 198 Å². The van der Waals surface area contributed by atoms with Crippen LogP contribution >= 0.6 is 11.6 Å². The lowest BCUT2D eigenvalue weighted by Crippen LogP contribution is -2.32. The van der Waals surface area contributed by atoms with Crippen LogP contribution in [-0.2, 0) is 9.59 Å². The number of nitrogens with one attached hydrogen (secondary N) is 1. The fourth-order valence-electron chi connectivity index (χ4n) is 3.23. The molecule has 1 aliphatic rings. The molecule has 0 atom stereocenters. The summed E-state index contributed by atoms with van der Waals surface area (Å²) in [7, 11) is 0. The molecule has 0 fully saturated rings. The van der Waals surface area contributed by atoms with Crippen LogP contribution in [0, 0.1) is 17.0 Å². The lowest BCUT2D eigenvalue weighted by atomic mass is 10.2. The molecule has 170 valence electrons. The number of amides is 2. The summed E-state index contributed by atoms with van der Waals surface area (Å²) in [4.78, 5) is 49.2. The number of esters is 1. The molecule has 4 rings (SSSR count). The number of nitrogens with zero attached hydrogens (tertiary/aromatic N) is 2. The molecule has 0 saturated heterocycles. The standard InChI is InChI=1S/C24H16ClN3O6/c1-14-6-12-17(13-7-14)27-22(29)20(25)21(23(27)30)26-16-10-8-15(9-11-16)24(31)34-19-5-3-2-4-18(19)28(32)33/h2-13,26H,1H3. The maximum Gasteiger partial charge on any atom is 0.343 e. The normalized spacial score (nSPS) is 13.3. The van der Waals surface area contributed by atoms with Gasteiger partial charge in [0.15, 0.2) is 0 Å². The first kappa shape index (κ1) is 22.7. The zero-order valence-electron chi connectivity index (χ0n) is 17.7. The molecule has 0 radical (unpaired) electrons. The Bertz CT molecular complexity index is 1350. The quantitative estimate of drug-likeness (QED) is 0.182. The first-order valence-corrected chi connectivity index (χ1v) is 10.3. The Morgan fingerprint density at radius 3 is 2.26 bits per heavy atom. The van der Waals surface area contributed by atoms with Crippen molar-refractivity contribution in [3.63, 3.8) is 0 Å². The molecule has 3 aromatic rings. The van der Waals surface area contributed by atoms with Gasteiger partial charge in [-0.2, -0.15) is 0 Å². The molecule has 1 heterocycles. The zero-order chi connectivity index (χ0) is 24.4. The van der Waals surface area contributed by atoms with Crippen molar-refractivity contribution in [3.8, 4) is 5.75 Å². The SMILES string of the molecule is Cc1ccc(N2C(=O)C(Cl)=C(Nc3ccc(C(=O)Oc4ccccc4[N+](=O)[O-])cc3)C2=O)cc1. The van der Waals surface area contributed by atoms with Gasteiger partial charge in [-0.3, -0.25) is 19.7 Å². The molecule has 1 aliphatic heterocycles. The van der Waals surface area contributed by atoms with Crippen LogP contribution in [0.4, 0.5) is 17.1 Å². The van der Waals surface area contributed by atoms with E-state index in [0.717, 1.165) is 10.5 Å². The number of rotatable bonds is 6. The van der Waals surface area contributed by atoms with Gasteiger partial charge in [0.25, 0.3) is 11.8 Å². The van der Waals surface area contributed by atoms with Gasteiger partial charge in [0, 0.05) is 11.8 Å². The summed E-state index contributed by atoms with van der Waals surface area (Å²) < 4.78 is 5.15. The molecule has 2 amide bonds. The minimum atomic E-state index is -0.796. The molecule has 0 saturated carbocycles. The third kappa shape index (κ3) is 4.37. The average molecular weight is 478 g/mol. The van der Waals surface area contributed by atoms with Crippen molar-refractivity contribution in [1.29, 1.82) is 0 Å². The minimum Gasteiger partial charge on any atom is -0.416 e. The van der Waals surface area contributed by atoms with Crippen LogP contribution in [0.5, 0.6) is 5.75 Å². The summed E-state index contributed by atoms with van der Waals surface area (Å²) in [5, 5.41) is 13.6. The van der Waals surface area contributed by atoms with E-state index in [1.165, 1.54) is 48.5 Å². The number of nitro groups is 1. The zero-order valence-corrected chi connectivity index (χ0v) is 18.4. The van der Waals surface area contributed by atoms with E-state index in [-0.39, 0.29) is 27.7 Å². The number of hydrogen-bond donors (Lipinski definition) is 1. The topological polar surface area (TPSA) is 119 Å². The second-order valence-electron chi connectivity index (χ2n) is 7.29. The van der Waals surface area contributed by atoms with Crippen molar-refractivity contribution >= 4 is 46.4 Å². The Morgan fingerprint density at radius 2 is 1.62 bits per heavy atom. The predicted molar refractivity (Wildman–Crippen MR) is 125 cm³/mol. The van der Waals surface area contributed by atoms with Crippen LogP contribution in [0.1, 0.15) is 15.9 Å². The highest BCUT2D eigenvalue weighted by atomic mass is 35.5. The average Bonchev–Trinajstić information content (AvgIpc) is 3.03. The number of carbonyl (C=O) groups is 3. The van der Waals surface area contributed by atoms with E-state index in [0.29, 0.717) is 11.4 Å². The fourth-order valence-corrected chi connectivity index (χ4v) is 3.44. The van der Waals surface area contributed by atoms with Gasteiger partial charge in [-0.15, -0.1) is 0 Å². The number of para-hydroxylation sites is 2. The van der Waals surface area contributed by atoms with E-state index in [4.69, 9.17) is 16.3 Å². The van der Waals surface area contributed by atoms with Crippen molar-refractivity contribution in [3.05, 3.63) is 105 Å². The number of ether oxygens (including phenoxy) is 1. The van der Waals surface area contributed by atoms with Crippen molar-refractivity contribution in [2.24, 2.45) is 0 Å². The molecular weight excluding hydrogens is 462 g/mol. The molecule has 0 bridgehead atoms. The smallest absolute Gasteiger partial charge is 0.343 e. The number of nitro benzene ring substituents is 1. The summed E-state index contributed by atoms with van der Waals surface area (Å²) in [5.41, 5.74) is 1.45. The molecule has 0 unspecified atom stereocenters. The Balaban J connectivity index is 1.49. The molecule has 0 aliphatic carbocycles. The van der Waals surface area contributed by atoms with Gasteiger partial charge in [0.2, 0.25) is 5.75 Å². The lowest BCUT2D eigenvalue weighted by molar-refractivity contribution is -0.385. The van der Waals surface area contributed by atoms with Gasteiger partial charge >= 0.3 is 11.7 Å². The van der Waals surface area contributed by atoms with Gasteiger partial charge in [-0.05, 0) is 49.4 Å². The monoisotopic (exact) mass is 477 g/mol. The molecule has 3 aromatic carbocycles. The number of halogens is 1. The number of anilines is 2. The second-order valence-corrected chi connectivity index (χ2v) is 7.66. The van der Waals surface area contributed by atoms with Gasteiger partial charge < -0.3 is 10.1 Å². The van der Waals surface area contributed by atoms with Crippen LogP contribution in [0.15, 0.2) is 83.5 Å². The highest BCUT2D eigenvalue weighted by Crippen LogP contribution is 2.31. The first-order valence-electron chi connectivity index (χ1n) is 9.94. The maximum atomic E-state index is 12.9. The van der Waals surface area contributed by atoms with Gasteiger partial charge in [0.05, 0.1) is 16.2 Å². The van der Waals surface area contributed by atoms with Crippen LogP contribution in [-0.4, -0.2) is 22.7 Å². The lowest BCUT2D eigenvalue weighted by Gasteiger charge is -2.15. The van der Waals surface area contributed by atoms with Crippen LogP contribution in [0.25, 0.3) is 0 Å². The van der Waals surface area contributed by atoms with Gasteiger partial charge in [0.1, 0.15) is 10.7 Å². The molecule has 0 aromatic heterocycles. The Hall–Kier alpha value is -4.50. The number of hydrogen-bond acceptors (Lipinski definition) is 7. The van der Waals surface area contributed by atoms with Crippen LogP contribution in [0.2, 0.25) is 0 Å². The van der Waals surface area contributed by atoms with E-state index in [1.54, 1.807) is 24.3 Å². The summed E-state index contributed by atoms with van der Waals surface area (Å²) in [6.45, 7) is 1.89. The number of carbonyl (C=O) groups excluding carboxylic acids is 3. The minimum absolute atomic E-state index is 0.0949. The molecule has 0 spiro atoms. The molecule has 34 heavy (non-hydrogen) atoms. The summed E-state index contributed by atoms with van der Waals surface area (Å²) in [5.74, 6) is -2.24. The fraction of sp³-hybridized carbons (Fsp3) is 0.0417. The highest BCUT2D eigenvalue weighted by Gasteiger charge is 2.38. The second kappa shape index (κ2) is 9.16. The third-order valence-corrected chi connectivity index (χ3v) is 5.32. The van der Waals surface area contributed by atoms with E-state index in [9.17, 15) is 24.5 Å². The van der Waals surface area contributed by atoms with Crippen molar-refractivity contribution < 1.29 is 24.0 Å². The highest BCUT2D eigenvalue weighted by molar-refractivity contribution is 6.53. The molecule has 1 N–H and O–H groups in total. The maximum absolute atomic E-state index is 12.9. The van der Waals surface area contributed by atoms with Crippen molar-refractivity contribution in [2.75, 3.05) is 10.2 Å². The number of benzene rings is 3. The largest absolute Gasteiger partial charge is 0.416 e. The van der Waals surface area contributed by atoms with Gasteiger partial charge in [-0.1, -0.05) is 41.4 Å². The first-order chi connectivity index (χ1) is 16.3. The summed E-state index contributed by atoms with van der Waals surface area (Å²) in [6.07, 6.45) is 0. The van der Waals surface area contributed by atoms with Crippen LogP contribution < -0.4 is 15.0 Å². The third-order valence-electron chi connectivity index (χ3n) is 4.97. The van der Waals surface area contributed by atoms with Gasteiger partial charge in [-0.25, -0.2) is 9.69 Å². The number of imide groups is 1. The molecule has 10 heteroatoms. The van der Waals surface area contributed by atoms with Crippen LogP contribution in [0.3, 0.4) is 0 Å². The van der Waals surface area contributed by atoms with E-state index in [1.807, 2.05) is 6.92 Å². The van der Waals surface area contributed by atoms with E-state index in [2.05, 4.69) is 5.32 Å².